The van der Waals surface area contributed by atoms with Crippen LogP contribution in [-0.2, 0) is 9.53 Å². The third kappa shape index (κ3) is 5.82. The largest absolute Gasteiger partial charge is 0.496 e. The van der Waals surface area contributed by atoms with E-state index in [4.69, 9.17) is 28.3 Å². The Kier molecular flexibility index (Phi) is 8.76. The van der Waals surface area contributed by atoms with Crippen LogP contribution in [-0.4, -0.2) is 48.3 Å². The molecule has 10 nitrogen and oxygen atoms in total. The molecular formula is C31H28IN3O7. The molecule has 2 heterocycles. The summed E-state index contributed by atoms with van der Waals surface area (Å²) in [7, 11) is 1.58. The summed E-state index contributed by atoms with van der Waals surface area (Å²) in [5, 5.41) is 5.71. The van der Waals surface area contributed by atoms with Crippen LogP contribution in [0.4, 0.5) is 0 Å². The summed E-state index contributed by atoms with van der Waals surface area (Å²) in [4.78, 5) is 30.6. The number of rotatable bonds is 10. The summed E-state index contributed by atoms with van der Waals surface area (Å²) in [6, 6.07) is 17.9. The molecule has 0 bridgehead atoms. The Bertz CT molecular complexity index is 1860. The first kappa shape index (κ1) is 29.1. The van der Waals surface area contributed by atoms with Gasteiger partial charge in [0.15, 0.2) is 23.4 Å². The van der Waals surface area contributed by atoms with Gasteiger partial charge in [0.1, 0.15) is 11.3 Å². The van der Waals surface area contributed by atoms with Crippen LogP contribution in [0.1, 0.15) is 26.3 Å². The maximum atomic E-state index is 13.7. The van der Waals surface area contributed by atoms with E-state index in [-0.39, 0.29) is 18.0 Å². The molecule has 0 N–H and O–H groups in total. The maximum Gasteiger partial charge on any atom is 0.347 e. The van der Waals surface area contributed by atoms with Crippen molar-refractivity contribution in [1.29, 1.82) is 0 Å². The lowest BCUT2D eigenvalue weighted by molar-refractivity contribution is -0.150. The zero-order valence-electron chi connectivity index (χ0n) is 23.4. The molecule has 0 saturated heterocycles. The molecule has 0 radical (unpaired) electrons. The second kappa shape index (κ2) is 12.6. The van der Waals surface area contributed by atoms with Gasteiger partial charge in [-0.25, -0.2) is 9.78 Å². The minimum atomic E-state index is -0.829. The number of carbonyl (C=O) groups is 1. The summed E-state index contributed by atoms with van der Waals surface area (Å²) >= 11 is 2.11. The second-order valence-corrected chi connectivity index (χ2v) is 10.2. The number of nitrogens with zero attached hydrogens (tertiary/aromatic N) is 3. The van der Waals surface area contributed by atoms with Crippen LogP contribution < -0.4 is 19.8 Å². The van der Waals surface area contributed by atoms with Gasteiger partial charge in [-0.3, -0.25) is 4.79 Å². The number of aromatic nitrogens is 2. The zero-order chi connectivity index (χ0) is 29.8. The van der Waals surface area contributed by atoms with Gasteiger partial charge in [-0.1, -0.05) is 18.2 Å². The van der Waals surface area contributed by atoms with Crippen molar-refractivity contribution in [2.75, 3.05) is 20.3 Å². The van der Waals surface area contributed by atoms with Gasteiger partial charge in [-0.15, -0.1) is 0 Å². The van der Waals surface area contributed by atoms with Crippen LogP contribution in [0.2, 0.25) is 0 Å². The van der Waals surface area contributed by atoms with Crippen molar-refractivity contribution in [2.24, 2.45) is 5.10 Å². The molecule has 0 amide bonds. The Morgan fingerprint density at radius 3 is 2.64 bits per heavy atom. The highest BCUT2D eigenvalue weighted by atomic mass is 127. The molecule has 216 valence electrons. The van der Waals surface area contributed by atoms with Crippen molar-refractivity contribution in [2.45, 2.75) is 26.9 Å². The lowest BCUT2D eigenvalue weighted by Crippen LogP contribution is -2.26. The smallest absolute Gasteiger partial charge is 0.347 e. The first-order valence-corrected chi connectivity index (χ1v) is 14.3. The molecule has 0 unspecified atom stereocenters. The molecule has 0 fully saturated rings. The van der Waals surface area contributed by atoms with E-state index >= 15 is 0 Å². The highest BCUT2D eigenvalue weighted by molar-refractivity contribution is 14.1. The van der Waals surface area contributed by atoms with Gasteiger partial charge in [-0.2, -0.15) is 9.78 Å². The first-order valence-electron chi connectivity index (χ1n) is 13.3. The number of benzene rings is 3. The number of methoxy groups -OCH3 is 1. The first-order chi connectivity index (χ1) is 20.3. The van der Waals surface area contributed by atoms with Gasteiger partial charge in [0.2, 0.25) is 5.82 Å². The van der Waals surface area contributed by atoms with E-state index in [0.717, 1.165) is 5.39 Å². The van der Waals surface area contributed by atoms with Gasteiger partial charge < -0.3 is 23.4 Å². The molecule has 0 aliphatic heterocycles. The Labute approximate surface area is 255 Å². The highest BCUT2D eigenvalue weighted by Gasteiger charge is 2.21. The van der Waals surface area contributed by atoms with Gasteiger partial charge in [0.25, 0.3) is 5.56 Å². The fourth-order valence-corrected chi connectivity index (χ4v) is 5.11. The molecule has 1 atom stereocenters. The number of carbonyl (C=O) groups excluding carboxylic acids is 1. The van der Waals surface area contributed by atoms with E-state index in [9.17, 15) is 9.59 Å². The fourth-order valence-electron chi connectivity index (χ4n) is 4.36. The van der Waals surface area contributed by atoms with Crippen LogP contribution in [0.5, 0.6) is 17.2 Å². The standard InChI is InChI=1S/C31H28IN3O7/c1-5-39-26-15-19(14-22(32)28(26)41-18(3)31(37)40-6-2)17-33-35-29(34-23-11-8-7-10-20(23)30(35)36)27-16-21-24(38-4)12-9-13-25(21)42-27/h7-18H,5-6H2,1-4H3/t18-/m0/s1. The molecule has 0 aliphatic rings. The number of hydrogen-bond donors (Lipinski definition) is 0. The number of hydrogen-bond acceptors (Lipinski definition) is 9. The quantitative estimate of drug-likeness (QED) is 0.0998. The van der Waals surface area contributed by atoms with Crippen molar-refractivity contribution < 1.29 is 28.2 Å². The number of ether oxygens (including phenoxy) is 4. The number of halogens is 1. The number of furan rings is 1. The van der Waals surface area contributed by atoms with E-state index in [2.05, 4.69) is 27.7 Å². The van der Waals surface area contributed by atoms with Crippen LogP contribution in [0.3, 0.4) is 0 Å². The topological polar surface area (TPSA) is 114 Å². The number of fused-ring (bicyclic) bond motifs is 2. The van der Waals surface area contributed by atoms with Gasteiger partial charge in [0.05, 0.1) is 46.4 Å². The summed E-state index contributed by atoms with van der Waals surface area (Å²) in [5.41, 5.74) is 1.38. The van der Waals surface area contributed by atoms with E-state index in [0.29, 0.717) is 55.2 Å². The van der Waals surface area contributed by atoms with Crippen molar-refractivity contribution >= 4 is 56.6 Å². The van der Waals surface area contributed by atoms with E-state index < -0.39 is 12.1 Å². The maximum absolute atomic E-state index is 13.7. The zero-order valence-corrected chi connectivity index (χ0v) is 25.6. The minimum absolute atomic E-state index is 0.233. The summed E-state index contributed by atoms with van der Waals surface area (Å²) in [6.07, 6.45) is 0.706. The molecule has 0 aliphatic carbocycles. The second-order valence-electron chi connectivity index (χ2n) is 9.07. The van der Waals surface area contributed by atoms with Crippen molar-refractivity contribution in [3.05, 3.63) is 80.2 Å². The normalized spacial score (nSPS) is 12.1. The van der Waals surface area contributed by atoms with E-state index in [1.54, 1.807) is 51.3 Å². The molecule has 11 heteroatoms. The van der Waals surface area contributed by atoms with Gasteiger partial charge in [0, 0.05) is 0 Å². The predicted octanol–water partition coefficient (Wildman–Crippen LogP) is 6.03. The summed E-state index contributed by atoms with van der Waals surface area (Å²) in [5.74, 6) is 1.60. The van der Waals surface area contributed by atoms with E-state index in [1.807, 2.05) is 37.3 Å². The van der Waals surface area contributed by atoms with Crippen LogP contribution in [0.25, 0.3) is 33.5 Å². The molecular weight excluding hydrogens is 653 g/mol. The van der Waals surface area contributed by atoms with Crippen LogP contribution in [0.15, 0.2) is 75.0 Å². The summed E-state index contributed by atoms with van der Waals surface area (Å²) in [6.45, 7) is 5.83. The molecule has 0 saturated carbocycles. The Balaban J connectivity index is 1.60. The molecule has 5 rings (SSSR count). The fraction of sp³-hybridized carbons (Fsp3) is 0.226. The number of esters is 1. The van der Waals surface area contributed by atoms with Crippen LogP contribution in [0, 0.1) is 3.57 Å². The van der Waals surface area contributed by atoms with Crippen molar-refractivity contribution in [1.82, 2.24) is 9.66 Å². The van der Waals surface area contributed by atoms with Gasteiger partial charge in [-0.05, 0) is 91.4 Å². The molecule has 5 aromatic rings. The average molecular weight is 681 g/mol. The SMILES string of the molecule is CCOC(=O)[C@H](C)Oc1c(I)cc(C=Nn2c(-c3cc4c(OC)cccc4o3)nc3ccccc3c2=O)cc1OCC. The Morgan fingerprint density at radius 1 is 1.07 bits per heavy atom. The monoisotopic (exact) mass is 681 g/mol. The van der Waals surface area contributed by atoms with Crippen molar-refractivity contribution in [3.8, 4) is 28.8 Å². The minimum Gasteiger partial charge on any atom is -0.496 e. The lowest BCUT2D eigenvalue weighted by Gasteiger charge is -2.18. The average Bonchev–Trinajstić information content (AvgIpc) is 3.43. The number of para-hydroxylation sites is 1. The molecule has 2 aromatic heterocycles. The lowest BCUT2D eigenvalue weighted by atomic mass is 10.2. The third-order valence-corrected chi connectivity index (χ3v) is 7.08. The molecule has 0 spiro atoms. The predicted molar refractivity (Wildman–Crippen MR) is 168 cm³/mol. The van der Waals surface area contributed by atoms with Crippen LogP contribution >= 0.6 is 22.6 Å². The van der Waals surface area contributed by atoms with E-state index in [1.165, 1.54) is 10.9 Å². The van der Waals surface area contributed by atoms with Gasteiger partial charge >= 0.3 is 5.97 Å². The highest BCUT2D eigenvalue weighted by Crippen LogP contribution is 2.35. The Morgan fingerprint density at radius 2 is 1.88 bits per heavy atom. The van der Waals surface area contributed by atoms with Crippen molar-refractivity contribution in [3.63, 3.8) is 0 Å². The third-order valence-electron chi connectivity index (χ3n) is 6.28. The Hall–Kier alpha value is -4.39. The molecule has 42 heavy (non-hydrogen) atoms. The summed E-state index contributed by atoms with van der Waals surface area (Å²) < 4.78 is 30.3. The molecule has 3 aromatic carbocycles.